The van der Waals surface area contributed by atoms with Gasteiger partial charge >= 0.3 is 0 Å². The molecule has 1 aliphatic heterocycles. The molecule has 1 N–H and O–H groups in total. The van der Waals surface area contributed by atoms with Crippen molar-refractivity contribution in [1.29, 1.82) is 0 Å². The van der Waals surface area contributed by atoms with Gasteiger partial charge in [0.1, 0.15) is 17.3 Å². The number of nitrogens with zero attached hydrogens (tertiary/aromatic N) is 2. The molecule has 7 heteroatoms. The maximum Gasteiger partial charge on any atom is 0.268 e. The normalized spacial score (nSPS) is 18.2. The molecule has 1 saturated carbocycles. The van der Waals surface area contributed by atoms with E-state index in [4.69, 9.17) is 9.72 Å². The van der Waals surface area contributed by atoms with Gasteiger partial charge in [-0.05, 0) is 37.5 Å². The molecule has 0 saturated heterocycles. The van der Waals surface area contributed by atoms with Crippen molar-refractivity contribution < 1.29 is 14.3 Å². The summed E-state index contributed by atoms with van der Waals surface area (Å²) < 4.78 is 5.96. The zero-order valence-corrected chi connectivity index (χ0v) is 19.4. The van der Waals surface area contributed by atoms with Gasteiger partial charge in [-0.1, -0.05) is 50.1 Å². The van der Waals surface area contributed by atoms with Crippen LogP contribution in [0.15, 0.2) is 53.9 Å². The Balaban J connectivity index is 1.43. The fourth-order valence-corrected chi connectivity index (χ4v) is 5.35. The lowest BCUT2D eigenvalue weighted by molar-refractivity contribution is -0.129. The van der Waals surface area contributed by atoms with Gasteiger partial charge in [-0.2, -0.15) is 0 Å². The second-order valence-electron chi connectivity index (χ2n) is 8.57. The number of thiazole rings is 1. The number of rotatable bonds is 6. The number of carbonyl (C=O) groups is 2. The lowest BCUT2D eigenvalue weighted by atomic mass is 10.1. The van der Waals surface area contributed by atoms with Crippen molar-refractivity contribution >= 4 is 28.8 Å². The van der Waals surface area contributed by atoms with Gasteiger partial charge in [-0.25, -0.2) is 4.98 Å². The number of amides is 2. The van der Waals surface area contributed by atoms with Gasteiger partial charge in [-0.15, -0.1) is 11.3 Å². The Kier molecular flexibility index (Phi) is 6.13. The van der Waals surface area contributed by atoms with E-state index in [0.717, 1.165) is 47.5 Å². The third-order valence-electron chi connectivity index (χ3n) is 6.27. The van der Waals surface area contributed by atoms with E-state index in [9.17, 15) is 9.59 Å². The highest BCUT2D eigenvalue weighted by Gasteiger charge is 2.35. The van der Waals surface area contributed by atoms with Crippen LogP contribution in [0.5, 0.6) is 5.75 Å². The van der Waals surface area contributed by atoms with Crippen LogP contribution in [-0.2, 0) is 9.59 Å². The highest BCUT2D eigenvalue weighted by Crippen LogP contribution is 2.39. The van der Waals surface area contributed by atoms with E-state index in [0.29, 0.717) is 17.9 Å². The summed E-state index contributed by atoms with van der Waals surface area (Å²) >= 11 is 1.58. The van der Waals surface area contributed by atoms with Crippen LogP contribution in [0.4, 0.5) is 5.69 Å². The molecule has 5 rings (SSSR count). The molecule has 0 radical (unpaired) electrons. The SMILES string of the molecule is CCC1Oc2ccc(-c3csc(-c4ccccc4)n3)cc2N(CC(=O)NC2CCCC2)C1=O. The quantitative estimate of drug-likeness (QED) is 0.558. The fraction of sp³-hybridized carbons (Fsp3) is 0.346. The summed E-state index contributed by atoms with van der Waals surface area (Å²) in [6.45, 7) is 1.91. The summed E-state index contributed by atoms with van der Waals surface area (Å²) in [7, 11) is 0. The average molecular weight is 462 g/mol. The first-order valence-corrected chi connectivity index (χ1v) is 12.4. The number of hydrogen-bond acceptors (Lipinski definition) is 5. The van der Waals surface area contributed by atoms with Gasteiger partial charge < -0.3 is 10.1 Å². The second-order valence-corrected chi connectivity index (χ2v) is 9.43. The van der Waals surface area contributed by atoms with Gasteiger partial charge in [0.25, 0.3) is 5.91 Å². The number of nitrogens with one attached hydrogen (secondary N) is 1. The fourth-order valence-electron chi connectivity index (χ4n) is 4.51. The lowest BCUT2D eigenvalue weighted by Gasteiger charge is -2.34. The van der Waals surface area contributed by atoms with Crippen molar-refractivity contribution in [3.05, 3.63) is 53.9 Å². The van der Waals surface area contributed by atoms with Crippen molar-refractivity contribution in [3.8, 4) is 27.6 Å². The van der Waals surface area contributed by atoms with E-state index >= 15 is 0 Å². The van der Waals surface area contributed by atoms with Crippen LogP contribution in [0.25, 0.3) is 21.8 Å². The Morgan fingerprint density at radius 2 is 1.94 bits per heavy atom. The van der Waals surface area contributed by atoms with Crippen LogP contribution in [0, 0.1) is 0 Å². The molecule has 1 fully saturated rings. The lowest BCUT2D eigenvalue weighted by Crippen LogP contribution is -2.50. The molecule has 170 valence electrons. The zero-order chi connectivity index (χ0) is 22.8. The smallest absolute Gasteiger partial charge is 0.268 e. The van der Waals surface area contributed by atoms with E-state index in [-0.39, 0.29) is 24.4 Å². The molecule has 1 atom stereocenters. The van der Waals surface area contributed by atoms with Crippen LogP contribution < -0.4 is 15.0 Å². The average Bonchev–Trinajstić information content (AvgIpc) is 3.53. The standard InChI is InChI=1S/C26H27N3O3S/c1-2-22-26(31)29(15-24(30)27-19-10-6-7-11-19)21-14-18(12-13-23(21)32-22)20-16-33-25(28-20)17-8-4-3-5-9-17/h3-5,8-9,12-14,16,19,22H,2,6-7,10-11,15H2,1H3,(H,27,30). The molecule has 2 aliphatic rings. The van der Waals surface area contributed by atoms with Crippen LogP contribution in [0.3, 0.4) is 0 Å². The first-order chi connectivity index (χ1) is 16.1. The molecular weight excluding hydrogens is 434 g/mol. The van der Waals surface area contributed by atoms with E-state index < -0.39 is 6.10 Å². The van der Waals surface area contributed by atoms with Crippen LogP contribution in [0.1, 0.15) is 39.0 Å². The highest BCUT2D eigenvalue weighted by molar-refractivity contribution is 7.13. The number of ether oxygens (including phenoxy) is 1. The van der Waals surface area contributed by atoms with Crippen LogP contribution in [-0.4, -0.2) is 35.5 Å². The molecule has 3 aromatic rings. The summed E-state index contributed by atoms with van der Waals surface area (Å²) in [5.41, 5.74) is 3.42. The van der Waals surface area contributed by atoms with E-state index in [1.807, 2.05) is 60.8 Å². The van der Waals surface area contributed by atoms with Gasteiger partial charge in [0.15, 0.2) is 6.10 Å². The minimum absolute atomic E-state index is 0.00201. The molecule has 2 aromatic carbocycles. The largest absolute Gasteiger partial charge is 0.478 e. The zero-order valence-electron chi connectivity index (χ0n) is 18.6. The van der Waals surface area contributed by atoms with Crippen molar-refractivity contribution in [1.82, 2.24) is 10.3 Å². The molecule has 1 aromatic heterocycles. The number of anilines is 1. The molecule has 2 heterocycles. The highest BCUT2D eigenvalue weighted by atomic mass is 32.1. The van der Waals surface area contributed by atoms with Crippen molar-refractivity contribution in [3.63, 3.8) is 0 Å². The molecule has 33 heavy (non-hydrogen) atoms. The molecule has 0 spiro atoms. The molecule has 1 aliphatic carbocycles. The Bertz CT molecular complexity index is 1150. The number of carbonyl (C=O) groups excluding carboxylic acids is 2. The van der Waals surface area contributed by atoms with Crippen molar-refractivity contribution in [2.45, 2.75) is 51.2 Å². The van der Waals surface area contributed by atoms with E-state index in [1.165, 1.54) is 0 Å². The third kappa shape index (κ3) is 4.50. The number of aromatic nitrogens is 1. The van der Waals surface area contributed by atoms with Crippen LogP contribution in [0.2, 0.25) is 0 Å². The van der Waals surface area contributed by atoms with Gasteiger partial charge in [0.2, 0.25) is 5.91 Å². The Morgan fingerprint density at radius 1 is 1.15 bits per heavy atom. The summed E-state index contributed by atoms with van der Waals surface area (Å²) in [5, 5.41) is 6.05. The first kappa shape index (κ1) is 21.6. The first-order valence-electron chi connectivity index (χ1n) is 11.5. The van der Waals surface area contributed by atoms with Crippen molar-refractivity contribution in [2.24, 2.45) is 0 Å². The van der Waals surface area contributed by atoms with Gasteiger partial charge in [0, 0.05) is 22.5 Å². The maximum atomic E-state index is 13.1. The van der Waals surface area contributed by atoms with Crippen LogP contribution >= 0.6 is 11.3 Å². The Hall–Kier alpha value is -3.19. The van der Waals surface area contributed by atoms with E-state index in [2.05, 4.69) is 5.32 Å². The minimum atomic E-state index is -0.577. The second kappa shape index (κ2) is 9.35. The predicted molar refractivity (Wildman–Crippen MR) is 130 cm³/mol. The molecule has 0 bridgehead atoms. The van der Waals surface area contributed by atoms with Gasteiger partial charge in [0.05, 0.1) is 11.4 Å². The summed E-state index contributed by atoms with van der Waals surface area (Å²) in [6, 6.07) is 16.0. The molecule has 2 amide bonds. The topological polar surface area (TPSA) is 71.5 Å². The minimum Gasteiger partial charge on any atom is -0.478 e. The summed E-state index contributed by atoms with van der Waals surface area (Å²) in [4.78, 5) is 32.3. The number of benzene rings is 2. The Labute approximate surface area is 197 Å². The predicted octanol–water partition coefficient (Wildman–Crippen LogP) is 5.04. The van der Waals surface area contributed by atoms with Gasteiger partial charge in [-0.3, -0.25) is 14.5 Å². The molecule has 1 unspecified atom stereocenters. The van der Waals surface area contributed by atoms with E-state index in [1.54, 1.807) is 16.2 Å². The molecule has 6 nitrogen and oxygen atoms in total. The maximum absolute atomic E-state index is 13.1. The Morgan fingerprint density at radius 3 is 2.70 bits per heavy atom. The monoisotopic (exact) mass is 461 g/mol. The third-order valence-corrected chi connectivity index (χ3v) is 7.17. The number of hydrogen-bond donors (Lipinski definition) is 1. The molecular formula is C26H27N3O3S. The number of fused-ring (bicyclic) bond motifs is 1. The summed E-state index contributed by atoms with van der Waals surface area (Å²) in [5.74, 6) is 0.327. The summed E-state index contributed by atoms with van der Waals surface area (Å²) in [6.07, 6.45) is 4.27. The van der Waals surface area contributed by atoms with Crippen molar-refractivity contribution in [2.75, 3.05) is 11.4 Å².